The number of hydrogen-bond donors (Lipinski definition) is 2. The standard InChI is InChI=1S/C18H27FN2O3/c1-3-4-5-6-7-14(2)20-17(22)12-24-13-18(23)21-16-10-8-15(19)9-11-16/h8-11,14H,3-7,12-13H2,1-2H3,(H,20,22)(H,21,23)/t14-/m1/s1. The van der Waals surface area contributed by atoms with Crippen LogP contribution in [-0.4, -0.2) is 31.1 Å². The number of benzene rings is 1. The first kappa shape index (κ1) is 20.1. The minimum atomic E-state index is -0.387. The highest BCUT2D eigenvalue weighted by molar-refractivity contribution is 5.91. The van der Waals surface area contributed by atoms with E-state index in [2.05, 4.69) is 17.6 Å². The van der Waals surface area contributed by atoms with E-state index in [1.807, 2.05) is 6.92 Å². The lowest BCUT2D eigenvalue weighted by molar-refractivity contribution is -0.129. The number of hydrogen-bond acceptors (Lipinski definition) is 3. The molecule has 0 saturated carbocycles. The molecule has 24 heavy (non-hydrogen) atoms. The summed E-state index contributed by atoms with van der Waals surface area (Å²) in [4.78, 5) is 23.4. The first-order chi connectivity index (χ1) is 11.5. The number of rotatable bonds is 11. The van der Waals surface area contributed by atoms with Gasteiger partial charge in [-0.3, -0.25) is 9.59 Å². The summed E-state index contributed by atoms with van der Waals surface area (Å²) in [7, 11) is 0. The summed E-state index contributed by atoms with van der Waals surface area (Å²) in [6.45, 7) is 3.74. The van der Waals surface area contributed by atoms with Crippen LogP contribution >= 0.6 is 0 Å². The Morgan fingerprint density at radius 2 is 1.75 bits per heavy atom. The predicted octanol–water partition coefficient (Wildman–Crippen LogP) is 3.26. The summed E-state index contributed by atoms with van der Waals surface area (Å²) in [6.07, 6.45) is 5.62. The zero-order chi connectivity index (χ0) is 17.8. The molecule has 5 nitrogen and oxygen atoms in total. The lowest BCUT2D eigenvalue weighted by Crippen LogP contribution is -2.36. The third kappa shape index (κ3) is 9.25. The molecule has 0 unspecified atom stereocenters. The fraction of sp³-hybridized carbons (Fsp3) is 0.556. The lowest BCUT2D eigenvalue weighted by atomic mass is 10.1. The fourth-order valence-electron chi connectivity index (χ4n) is 2.23. The maximum atomic E-state index is 12.8. The molecule has 1 rings (SSSR count). The van der Waals surface area contributed by atoms with E-state index in [0.29, 0.717) is 5.69 Å². The van der Waals surface area contributed by atoms with E-state index in [1.165, 1.54) is 43.5 Å². The summed E-state index contributed by atoms with van der Waals surface area (Å²) in [5, 5.41) is 5.41. The van der Waals surface area contributed by atoms with Crippen LogP contribution in [0.3, 0.4) is 0 Å². The zero-order valence-electron chi connectivity index (χ0n) is 14.4. The molecule has 0 aliphatic carbocycles. The van der Waals surface area contributed by atoms with Crippen LogP contribution < -0.4 is 10.6 Å². The SMILES string of the molecule is CCCCCC[C@@H](C)NC(=O)COCC(=O)Nc1ccc(F)cc1. The number of anilines is 1. The summed E-state index contributed by atoms with van der Waals surface area (Å²) in [5.74, 6) is -0.987. The van der Waals surface area contributed by atoms with Gasteiger partial charge < -0.3 is 15.4 Å². The molecule has 0 radical (unpaired) electrons. The number of amides is 2. The molecule has 0 fully saturated rings. The number of carbonyl (C=O) groups excluding carboxylic acids is 2. The maximum absolute atomic E-state index is 12.8. The van der Waals surface area contributed by atoms with E-state index in [9.17, 15) is 14.0 Å². The molecule has 0 aliphatic heterocycles. The van der Waals surface area contributed by atoms with Crippen molar-refractivity contribution in [3.05, 3.63) is 30.1 Å². The Balaban J connectivity index is 2.13. The molecule has 1 aromatic carbocycles. The first-order valence-electron chi connectivity index (χ1n) is 8.43. The normalized spacial score (nSPS) is 11.8. The van der Waals surface area contributed by atoms with Crippen LogP contribution in [0.25, 0.3) is 0 Å². The third-order valence-electron chi connectivity index (χ3n) is 3.49. The molecule has 0 heterocycles. The van der Waals surface area contributed by atoms with Gasteiger partial charge in [-0.25, -0.2) is 4.39 Å². The Bertz CT molecular complexity index is 505. The molecular formula is C18H27FN2O3. The quantitative estimate of drug-likeness (QED) is 0.609. The zero-order valence-corrected chi connectivity index (χ0v) is 14.4. The van der Waals surface area contributed by atoms with E-state index in [0.717, 1.165) is 12.8 Å². The number of carbonyl (C=O) groups is 2. The van der Waals surface area contributed by atoms with Gasteiger partial charge in [-0.2, -0.15) is 0 Å². The summed E-state index contributed by atoms with van der Waals surface area (Å²) >= 11 is 0. The largest absolute Gasteiger partial charge is 0.362 e. The van der Waals surface area contributed by atoms with Crippen molar-refractivity contribution in [2.45, 2.75) is 52.0 Å². The second-order valence-corrected chi connectivity index (χ2v) is 5.87. The average Bonchev–Trinajstić information content (AvgIpc) is 2.54. The van der Waals surface area contributed by atoms with Crippen molar-refractivity contribution in [1.82, 2.24) is 5.32 Å². The number of ether oxygens (including phenoxy) is 1. The van der Waals surface area contributed by atoms with Gasteiger partial charge in [0.15, 0.2) is 0 Å². The van der Waals surface area contributed by atoms with E-state index in [-0.39, 0.29) is 36.9 Å². The fourth-order valence-corrected chi connectivity index (χ4v) is 2.23. The highest BCUT2D eigenvalue weighted by Crippen LogP contribution is 2.08. The van der Waals surface area contributed by atoms with E-state index < -0.39 is 0 Å². The van der Waals surface area contributed by atoms with Crippen LogP contribution in [0.5, 0.6) is 0 Å². The number of unbranched alkanes of at least 4 members (excludes halogenated alkanes) is 3. The van der Waals surface area contributed by atoms with Crippen LogP contribution in [0.2, 0.25) is 0 Å². The van der Waals surface area contributed by atoms with Crippen molar-refractivity contribution in [2.75, 3.05) is 18.5 Å². The molecule has 0 aliphatic rings. The van der Waals surface area contributed by atoms with Crippen molar-refractivity contribution >= 4 is 17.5 Å². The van der Waals surface area contributed by atoms with E-state index in [1.54, 1.807) is 0 Å². The number of halogens is 1. The van der Waals surface area contributed by atoms with E-state index >= 15 is 0 Å². The van der Waals surface area contributed by atoms with Crippen LogP contribution in [-0.2, 0) is 14.3 Å². The second kappa shape index (κ2) is 11.6. The third-order valence-corrected chi connectivity index (χ3v) is 3.49. The summed E-state index contributed by atoms with van der Waals surface area (Å²) in [6, 6.07) is 5.53. The predicted molar refractivity (Wildman–Crippen MR) is 92.2 cm³/mol. The topological polar surface area (TPSA) is 67.4 Å². The molecule has 0 saturated heterocycles. The molecule has 0 aromatic heterocycles. The maximum Gasteiger partial charge on any atom is 0.250 e. The van der Waals surface area contributed by atoms with Gasteiger partial charge in [0.1, 0.15) is 19.0 Å². The molecule has 1 atom stereocenters. The van der Waals surface area contributed by atoms with Crippen LogP contribution in [0.4, 0.5) is 10.1 Å². The van der Waals surface area contributed by atoms with Gasteiger partial charge in [0, 0.05) is 11.7 Å². The highest BCUT2D eigenvalue weighted by Gasteiger charge is 2.09. The second-order valence-electron chi connectivity index (χ2n) is 5.87. The van der Waals surface area contributed by atoms with Crippen LogP contribution in [0.15, 0.2) is 24.3 Å². The monoisotopic (exact) mass is 338 g/mol. The van der Waals surface area contributed by atoms with Gasteiger partial charge in [0.2, 0.25) is 11.8 Å². The highest BCUT2D eigenvalue weighted by atomic mass is 19.1. The Labute approximate surface area is 143 Å². The van der Waals surface area contributed by atoms with Crippen molar-refractivity contribution in [3.8, 4) is 0 Å². The van der Waals surface area contributed by atoms with Gasteiger partial charge in [0.25, 0.3) is 0 Å². The molecule has 0 bridgehead atoms. The molecular weight excluding hydrogens is 311 g/mol. The molecule has 0 spiro atoms. The van der Waals surface area contributed by atoms with Gasteiger partial charge in [-0.05, 0) is 37.6 Å². The van der Waals surface area contributed by atoms with Crippen molar-refractivity contribution in [3.63, 3.8) is 0 Å². The average molecular weight is 338 g/mol. The first-order valence-corrected chi connectivity index (χ1v) is 8.43. The molecule has 6 heteroatoms. The van der Waals surface area contributed by atoms with Crippen LogP contribution in [0.1, 0.15) is 46.0 Å². The molecule has 134 valence electrons. The van der Waals surface area contributed by atoms with Crippen molar-refractivity contribution in [2.24, 2.45) is 0 Å². The lowest BCUT2D eigenvalue weighted by Gasteiger charge is -2.13. The van der Waals surface area contributed by atoms with Crippen LogP contribution in [0, 0.1) is 5.82 Å². The minimum Gasteiger partial charge on any atom is -0.362 e. The van der Waals surface area contributed by atoms with Crippen molar-refractivity contribution in [1.29, 1.82) is 0 Å². The smallest absolute Gasteiger partial charge is 0.250 e. The Morgan fingerprint density at radius 1 is 1.08 bits per heavy atom. The van der Waals surface area contributed by atoms with Crippen molar-refractivity contribution < 1.29 is 18.7 Å². The Morgan fingerprint density at radius 3 is 2.42 bits per heavy atom. The number of nitrogens with one attached hydrogen (secondary N) is 2. The van der Waals surface area contributed by atoms with Gasteiger partial charge in [-0.1, -0.05) is 32.6 Å². The van der Waals surface area contributed by atoms with Gasteiger partial charge in [-0.15, -0.1) is 0 Å². The minimum absolute atomic E-state index is 0.103. The molecule has 1 aromatic rings. The molecule has 2 amide bonds. The van der Waals surface area contributed by atoms with Gasteiger partial charge >= 0.3 is 0 Å². The Hall–Kier alpha value is -1.95. The van der Waals surface area contributed by atoms with E-state index in [4.69, 9.17) is 4.74 Å². The summed E-state index contributed by atoms with van der Waals surface area (Å²) in [5.41, 5.74) is 0.482. The Kier molecular flexibility index (Phi) is 9.68. The summed E-state index contributed by atoms with van der Waals surface area (Å²) < 4.78 is 17.9. The van der Waals surface area contributed by atoms with Gasteiger partial charge in [0.05, 0.1) is 0 Å². The molecule has 2 N–H and O–H groups in total.